The molecule has 0 radical (unpaired) electrons. The number of hydrogen-bond donors (Lipinski definition) is 0. The fourth-order valence-corrected chi connectivity index (χ4v) is 4.40. The number of nitrogens with zero attached hydrogens (tertiary/aromatic N) is 4. The molecule has 0 fully saturated rings. The molecule has 0 unspecified atom stereocenters. The van der Waals surface area contributed by atoms with E-state index in [0.717, 1.165) is 28.8 Å². The van der Waals surface area contributed by atoms with Crippen molar-refractivity contribution >= 4 is 40.4 Å². The summed E-state index contributed by atoms with van der Waals surface area (Å²) in [6, 6.07) is 13.1. The van der Waals surface area contributed by atoms with Gasteiger partial charge in [-0.1, -0.05) is 37.6 Å². The molecule has 0 saturated heterocycles. The molecule has 10 nitrogen and oxygen atoms in total. The second-order valence-corrected chi connectivity index (χ2v) is 9.51. The first kappa shape index (κ1) is 27.5. The van der Waals surface area contributed by atoms with Gasteiger partial charge in [0.05, 0.1) is 29.2 Å². The van der Waals surface area contributed by atoms with Gasteiger partial charge in [-0.3, -0.25) is 19.7 Å². The maximum atomic E-state index is 13.7. The van der Waals surface area contributed by atoms with Gasteiger partial charge in [0.25, 0.3) is 5.56 Å². The number of aromatic nitrogens is 2. The van der Waals surface area contributed by atoms with Gasteiger partial charge in [0.15, 0.2) is 5.82 Å². The average molecular weight is 549 g/mol. The van der Waals surface area contributed by atoms with Crippen molar-refractivity contribution in [3.05, 3.63) is 90.7 Å². The molecule has 0 atom stereocenters. The van der Waals surface area contributed by atoms with Gasteiger partial charge in [0.2, 0.25) is 5.75 Å². The predicted octanol–water partition coefficient (Wildman–Crippen LogP) is 5.87. The van der Waals surface area contributed by atoms with Gasteiger partial charge in [-0.15, -0.1) is 0 Å². The molecule has 0 spiro atoms. The lowest BCUT2D eigenvalue weighted by atomic mass is 9.96. The smallest absolute Gasteiger partial charge is 0.313 e. The number of esters is 1. The van der Waals surface area contributed by atoms with Gasteiger partial charge in [-0.25, -0.2) is 4.98 Å². The van der Waals surface area contributed by atoms with E-state index >= 15 is 0 Å². The molecule has 0 aliphatic rings. The number of methoxy groups -OCH3 is 1. The summed E-state index contributed by atoms with van der Waals surface area (Å²) in [5.74, 6) is -0.0342. The van der Waals surface area contributed by atoms with Crippen LogP contribution in [0.2, 0.25) is 5.02 Å². The van der Waals surface area contributed by atoms with Crippen molar-refractivity contribution in [2.75, 3.05) is 7.11 Å². The van der Waals surface area contributed by atoms with Crippen molar-refractivity contribution in [1.29, 1.82) is 0 Å². The number of aryl methyl sites for hydroxylation is 1. The fourth-order valence-electron chi connectivity index (χ4n) is 4.18. The zero-order valence-electron chi connectivity index (χ0n) is 21.9. The van der Waals surface area contributed by atoms with Crippen LogP contribution in [-0.2, 0) is 4.79 Å². The molecule has 3 aromatic carbocycles. The van der Waals surface area contributed by atoms with Crippen molar-refractivity contribution in [1.82, 2.24) is 9.66 Å². The quantitative estimate of drug-likeness (QED) is 0.0928. The van der Waals surface area contributed by atoms with E-state index in [9.17, 15) is 19.7 Å². The number of halogens is 1. The van der Waals surface area contributed by atoms with Gasteiger partial charge in [0, 0.05) is 29.1 Å². The summed E-state index contributed by atoms with van der Waals surface area (Å²) in [5, 5.41) is 16.4. The van der Waals surface area contributed by atoms with Crippen molar-refractivity contribution in [3.63, 3.8) is 0 Å². The Kier molecular flexibility index (Phi) is 7.78. The second kappa shape index (κ2) is 11.0. The summed E-state index contributed by atoms with van der Waals surface area (Å²) in [6.45, 7) is 7.04. The van der Waals surface area contributed by atoms with E-state index in [1.54, 1.807) is 31.4 Å². The summed E-state index contributed by atoms with van der Waals surface area (Å²) >= 11 is 6.12. The standard InChI is InChI=1S/C28H25ClN4O6/c1-15(2)21-13-22(16(3)10-25(21)38-5)27-31-23-9-7-6-8-20(23)28(35)32(27)30-14-18-11-19(29)12-24(33(36)37)26(18)39-17(4)34/h6-15H,1-5H3. The molecule has 39 heavy (non-hydrogen) atoms. The van der Waals surface area contributed by atoms with E-state index in [1.807, 2.05) is 32.9 Å². The number of fused-ring (bicyclic) bond motifs is 1. The Balaban J connectivity index is 2.02. The zero-order chi connectivity index (χ0) is 28.4. The van der Waals surface area contributed by atoms with Gasteiger partial charge in [0.1, 0.15) is 5.75 Å². The van der Waals surface area contributed by atoms with Gasteiger partial charge in [-0.2, -0.15) is 9.78 Å². The van der Waals surface area contributed by atoms with Crippen LogP contribution in [0.1, 0.15) is 43.4 Å². The molecule has 0 amide bonds. The first-order chi connectivity index (χ1) is 18.5. The minimum Gasteiger partial charge on any atom is -0.496 e. The number of ether oxygens (including phenoxy) is 2. The third-order valence-corrected chi connectivity index (χ3v) is 6.23. The van der Waals surface area contributed by atoms with Crippen LogP contribution < -0.4 is 15.0 Å². The normalized spacial score (nSPS) is 11.4. The van der Waals surface area contributed by atoms with Gasteiger partial charge in [-0.05, 0) is 54.3 Å². The second-order valence-electron chi connectivity index (χ2n) is 9.07. The highest BCUT2D eigenvalue weighted by atomic mass is 35.5. The number of nitro groups is 1. The van der Waals surface area contributed by atoms with Crippen LogP contribution in [-0.4, -0.2) is 33.9 Å². The predicted molar refractivity (Wildman–Crippen MR) is 149 cm³/mol. The third kappa shape index (κ3) is 5.51. The molecule has 4 rings (SSSR count). The van der Waals surface area contributed by atoms with Crippen LogP contribution in [0.25, 0.3) is 22.3 Å². The highest BCUT2D eigenvalue weighted by molar-refractivity contribution is 6.31. The van der Waals surface area contributed by atoms with Crippen molar-refractivity contribution in [2.45, 2.75) is 33.6 Å². The maximum Gasteiger partial charge on any atom is 0.313 e. The van der Waals surface area contributed by atoms with E-state index in [-0.39, 0.29) is 28.1 Å². The highest BCUT2D eigenvalue weighted by Crippen LogP contribution is 2.35. The number of para-hydroxylation sites is 1. The molecular weight excluding hydrogens is 524 g/mol. The van der Waals surface area contributed by atoms with Crippen molar-refractivity contribution in [3.8, 4) is 22.9 Å². The highest BCUT2D eigenvalue weighted by Gasteiger charge is 2.23. The Morgan fingerprint density at radius 3 is 2.56 bits per heavy atom. The minimum absolute atomic E-state index is 0.0239. The number of nitro benzene ring substituents is 1. The van der Waals surface area contributed by atoms with Gasteiger partial charge >= 0.3 is 11.7 Å². The number of carbonyl (C=O) groups excluding carboxylic acids is 1. The van der Waals surface area contributed by atoms with E-state index in [2.05, 4.69) is 5.10 Å². The number of carbonyl (C=O) groups is 1. The summed E-state index contributed by atoms with van der Waals surface area (Å²) < 4.78 is 11.8. The van der Waals surface area contributed by atoms with Gasteiger partial charge < -0.3 is 9.47 Å². The lowest BCUT2D eigenvalue weighted by molar-refractivity contribution is -0.385. The largest absolute Gasteiger partial charge is 0.496 e. The van der Waals surface area contributed by atoms with E-state index in [1.165, 1.54) is 12.3 Å². The molecule has 1 aromatic heterocycles. The van der Waals surface area contributed by atoms with E-state index < -0.39 is 22.1 Å². The van der Waals surface area contributed by atoms with E-state index in [0.29, 0.717) is 22.2 Å². The topological polar surface area (TPSA) is 126 Å². The lowest BCUT2D eigenvalue weighted by Crippen LogP contribution is -2.21. The molecule has 1 heterocycles. The first-order valence-corrected chi connectivity index (χ1v) is 12.3. The Morgan fingerprint density at radius 1 is 1.21 bits per heavy atom. The molecule has 0 aliphatic heterocycles. The molecule has 0 N–H and O–H groups in total. The third-order valence-electron chi connectivity index (χ3n) is 6.01. The van der Waals surface area contributed by atoms with Crippen molar-refractivity contribution in [2.24, 2.45) is 5.10 Å². The van der Waals surface area contributed by atoms with Crippen LogP contribution in [0, 0.1) is 17.0 Å². The van der Waals surface area contributed by atoms with Crippen LogP contribution in [0.15, 0.2) is 58.4 Å². The monoisotopic (exact) mass is 548 g/mol. The summed E-state index contributed by atoms with van der Waals surface area (Å²) in [4.78, 5) is 41.1. The molecular formula is C28H25ClN4O6. The molecule has 4 aromatic rings. The Bertz CT molecular complexity index is 1710. The van der Waals surface area contributed by atoms with Crippen LogP contribution in [0.5, 0.6) is 11.5 Å². The molecule has 0 bridgehead atoms. The average Bonchev–Trinajstić information content (AvgIpc) is 2.88. The summed E-state index contributed by atoms with van der Waals surface area (Å²) in [6.07, 6.45) is 1.18. The minimum atomic E-state index is -0.768. The SMILES string of the molecule is COc1cc(C)c(-c2nc3ccccc3c(=O)n2N=Cc2cc(Cl)cc([N+](=O)[O-])c2OC(C)=O)cc1C(C)C. The molecule has 0 aliphatic carbocycles. The summed E-state index contributed by atoms with van der Waals surface area (Å²) in [5.41, 5.74) is 1.89. The van der Waals surface area contributed by atoms with E-state index in [4.69, 9.17) is 26.1 Å². The maximum absolute atomic E-state index is 13.7. The Morgan fingerprint density at radius 2 is 1.92 bits per heavy atom. The van der Waals surface area contributed by atoms with Crippen LogP contribution in [0.3, 0.4) is 0 Å². The van der Waals surface area contributed by atoms with Crippen LogP contribution >= 0.6 is 11.6 Å². The molecule has 11 heteroatoms. The number of rotatable bonds is 7. The Labute approximate surface area is 228 Å². The fraction of sp³-hybridized carbons (Fsp3) is 0.214. The summed E-state index contributed by atoms with van der Waals surface area (Å²) in [7, 11) is 1.60. The first-order valence-electron chi connectivity index (χ1n) is 11.9. The lowest BCUT2D eigenvalue weighted by Gasteiger charge is -2.17. The van der Waals surface area contributed by atoms with Crippen LogP contribution in [0.4, 0.5) is 5.69 Å². The van der Waals surface area contributed by atoms with Crippen molar-refractivity contribution < 1.29 is 19.2 Å². The molecule has 200 valence electrons. The number of benzene rings is 3. The zero-order valence-corrected chi connectivity index (χ0v) is 22.6. The number of hydrogen-bond acceptors (Lipinski definition) is 8. The Hall–Kier alpha value is -4.57. The molecule has 0 saturated carbocycles.